The number of carbonyl (C=O) groups is 2. The van der Waals surface area contributed by atoms with Crippen molar-refractivity contribution in [3.63, 3.8) is 0 Å². The number of aromatic nitrogens is 2. The molecule has 2 aromatic carbocycles. The third kappa shape index (κ3) is 9.49. The van der Waals surface area contributed by atoms with E-state index in [0.717, 1.165) is 54.5 Å². The number of carbonyl (C=O) groups excluding carboxylic acids is 2. The third-order valence-corrected chi connectivity index (χ3v) is 7.89. The maximum Gasteiger partial charge on any atom is 2.00 e. The molecule has 41 heavy (non-hydrogen) atoms. The van der Waals surface area contributed by atoms with E-state index in [1.54, 1.807) is 14.2 Å². The fourth-order valence-electron chi connectivity index (χ4n) is 3.57. The summed E-state index contributed by atoms with van der Waals surface area (Å²) < 4.78 is 10.4. The minimum atomic E-state index is -1.25. The van der Waals surface area contributed by atoms with Gasteiger partial charge in [-0.3, -0.25) is 0 Å². The molecule has 217 valence electrons. The molecule has 2 heterocycles. The second-order valence-corrected chi connectivity index (χ2v) is 10.9. The number of thioether (sulfide) groups is 2. The number of hydrogen-bond donors (Lipinski definition) is 2. The number of carboxylic acid groups (broad SMARTS) is 2. The van der Waals surface area contributed by atoms with Crippen molar-refractivity contribution in [1.29, 1.82) is 0 Å². The number of methoxy groups -OCH3 is 2. The molecule has 4 aromatic rings. The first-order valence-electron chi connectivity index (χ1n) is 12.1. The van der Waals surface area contributed by atoms with Crippen molar-refractivity contribution in [1.82, 2.24) is 9.97 Å². The van der Waals surface area contributed by atoms with Crippen molar-refractivity contribution in [3.05, 3.63) is 59.7 Å². The molecular weight excluding hydrogens is 607 g/mol. The molecule has 0 aliphatic rings. The molecule has 2 unspecified atom stereocenters. The zero-order valence-corrected chi connectivity index (χ0v) is 25.7. The molecule has 10 nitrogen and oxygen atoms in total. The van der Waals surface area contributed by atoms with E-state index in [1.165, 1.54) is 23.5 Å². The number of aliphatic carboxylic acids is 2. The van der Waals surface area contributed by atoms with Crippen LogP contribution >= 0.6 is 23.5 Å². The summed E-state index contributed by atoms with van der Waals surface area (Å²) in [5.41, 5.74) is 14.6. The summed E-state index contributed by atoms with van der Waals surface area (Å²) >= 11 is 2.62. The number of ether oxygens (including phenoxy) is 2. The molecule has 1 radical (unpaired) electrons. The van der Waals surface area contributed by atoms with Crippen LogP contribution < -0.4 is 31.2 Å². The molecule has 0 spiro atoms. The molecule has 13 heteroatoms. The van der Waals surface area contributed by atoms with Crippen molar-refractivity contribution < 1.29 is 46.3 Å². The Kier molecular flexibility index (Phi) is 13.2. The maximum absolute atomic E-state index is 10.6. The molecular formula is C28H30MnN4O6S2. The van der Waals surface area contributed by atoms with Crippen LogP contribution in [0.25, 0.3) is 21.8 Å². The number of aryl methyl sites for hydroxylation is 2. The topological polar surface area (TPSA) is 177 Å². The Morgan fingerprint density at radius 3 is 1.44 bits per heavy atom. The van der Waals surface area contributed by atoms with Crippen LogP contribution in [-0.2, 0) is 26.7 Å². The van der Waals surface area contributed by atoms with Gasteiger partial charge in [0.05, 0.1) is 59.3 Å². The van der Waals surface area contributed by atoms with Gasteiger partial charge in [-0.15, -0.1) is 23.5 Å². The Bertz CT molecular complexity index is 1410. The summed E-state index contributed by atoms with van der Waals surface area (Å²) in [6.45, 7) is 3.96. The maximum atomic E-state index is 10.6. The predicted octanol–water partition coefficient (Wildman–Crippen LogP) is 1.44. The van der Waals surface area contributed by atoms with Gasteiger partial charge in [-0.25, -0.2) is 9.97 Å². The number of fused-ring (bicyclic) bond motifs is 2. The summed E-state index contributed by atoms with van der Waals surface area (Å²) in [5, 5.41) is 24.7. The molecule has 2 aromatic heterocycles. The summed E-state index contributed by atoms with van der Waals surface area (Å²) in [6.07, 6.45) is 0. The van der Waals surface area contributed by atoms with E-state index < -0.39 is 24.0 Å². The molecule has 4 rings (SSSR count). The van der Waals surface area contributed by atoms with Gasteiger partial charge in [-0.1, -0.05) is 0 Å². The Morgan fingerprint density at radius 1 is 0.756 bits per heavy atom. The van der Waals surface area contributed by atoms with E-state index in [9.17, 15) is 19.8 Å². The normalized spacial score (nSPS) is 12.0. The van der Waals surface area contributed by atoms with Gasteiger partial charge in [0, 0.05) is 22.3 Å². The SMILES string of the molecule is COc1ccc2nc(SCC(N)C(=O)[O-])cc(C)c2c1.COc1ccc2nc(SCC(N)C(=O)[O-])cc(C)c2c1.[Mn+2]. The Balaban J connectivity index is 0.000000280. The predicted molar refractivity (Wildman–Crippen MR) is 153 cm³/mol. The van der Waals surface area contributed by atoms with Gasteiger partial charge >= 0.3 is 17.1 Å². The van der Waals surface area contributed by atoms with Crippen molar-refractivity contribution >= 4 is 57.3 Å². The van der Waals surface area contributed by atoms with E-state index in [4.69, 9.17) is 20.9 Å². The van der Waals surface area contributed by atoms with Gasteiger partial charge in [0.2, 0.25) is 0 Å². The second-order valence-electron chi connectivity index (χ2n) is 8.79. The molecule has 0 aliphatic carbocycles. The number of rotatable bonds is 10. The Morgan fingerprint density at radius 2 is 1.12 bits per heavy atom. The van der Waals surface area contributed by atoms with Gasteiger partial charge < -0.3 is 40.7 Å². The molecule has 0 saturated heterocycles. The van der Waals surface area contributed by atoms with Crippen molar-refractivity contribution in [3.8, 4) is 11.5 Å². The van der Waals surface area contributed by atoms with Crippen LogP contribution in [0.2, 0.25) is 0 Å². The van der Waals surface area contributed by atoms with Crippen LogP contribution in [0.3, 0.4) is 0 Å². The number of nitrogens with two attached hydrogens (primary N) is 2. The first-order valence-corrected chi connectivity index (χ1v) is 14.1. The summed E-state index contributed by atoms with van der Waals surface area (Å²) in [4.78, 5) is 30.1. The average Bonchev–Trinajstić information content (AvgIpc) is 2.94. The number of nitrogens with zero attached hydrogens (tertiary/aromatic N) is 2. The van der Waals surface area contributed by atoms with Crippen LogP contribution in [-0.4, -0.2) is 59.7 Å². The van der Waals surface area contributed by atoms with E-state index in [0.29, 0.717) is 0 Å². The molecule has 0 amide bonds. The molecule has 0 aliphatic heterocycles. The number of pyridine rings is 2. The summed E-state index contributed by atoms with van der Waals surface area (Å²) in [5.74, 6) is -0.476. The summed E-state index contributed by atoms with van der Waals surface area (Å²) in [7, 11) is 3.24. The standard InChI is InChI=1S/2C14H16N2O3S.Mn/c2*1-8-5-13(20-7-11(15)14(17)18)16-12-4-3-9(19-2)6-10(8)12;/h2*3-6,11H,7,15H2,1-2H3,(H,17,18);/q;;+2/p-2. The van der Waals surface area contributed by atoms with E-state index in [1.807, 2.05) is 62.4 Å². The van der Waals surface area contributed by atoms with E-state index in [-0.39, 0.29) is 28.6 Å². The Labute approximate surface area is 257 Å². The van der Waals surface area contributed by atoms with Crippen molar-refractivity contribution in [2.24, 2.45) is 11.5 Å². The zero-order chi connectivity index (χ0) is 29.4. The number of carboxylic acids is 2. The monoisotopic (exact) mass is 637 g/mol. The third-order valence-electron chi connectivity index (χ3n) is 5.83. The van der Waals surface area contributed by atoms with Gasteiger partial charge in [-0.05, 0) is 73.5 Å². The number of benzene rings is 2. The second kappa shape index (κ2) is 15.8. The minimum Gasteiger partial charge on any atom is -0.548 e. The van der Waals surface area contributed by atoms with Crippen LogP contribution in [0.5, 0.6) is 11.5 Å². The first-order chi connectivity index (χ1) is 19.0. The van der Waals surface area contributed by atoms with Crippen LogP contribution in [0.1, 0.15) is 11.1 Å². The molecule has 0 bridgehead atoms. The minimum absolute atomic E-state index is 0. The summed E-state index contributed by atoms with van der Waals surface area (Å²) in [6, 6.07) is 13.1. The molecule has 2 atom stereocenters. The van der Waals surface area contributed by atoms with Crippen LogP contribution in [0, 0.1) is 13.8 Å². The fraction of sp³-hybridized carbons (Fsp3) is 0.286. The zero-order valence-electron chi connectivity index (χ0n) is 22.9. The van der Waals surface area contributed by atoms with Crippen LogP contribution in [0.15, 0.2) is 58.6 Å². The van der Waals surface area contributed by atoms with E-state index in [2.05, 4.69) is 9.97 Å². The van der Waals surface area contributed by atoms with Gasteiger partial charge in [-0.2, -0.15) is 0 Å². The van der Waals surface area contributed by atoms with Gasteiger partial charge in [0.15, 0.2) is 0 Å². The largest absolute Gasteiger partial charge is 2.00 e. The van der Waals surface area contributed by atoms with Crippen molar-refractivity contribution in [2.75, 3.05) is 25.7 Å². The number of hydrogen-bond acceptors (Lipinski definition) is 12. The molecule has 0 fully saturated rings. The fourth-order valence-corrected chi connectivity index (χ4v) is 5.39. The van der Waals surface area contributed by atoms with Crippen LogP contribution in [0.4, 0.5) is 0 Å². The van der Waals surface area contributed by atoms with Gasteiger partial charge in [0.1, 0.15) is 11.5 Å². The quantitative estimate of drug-likeness (QED) is 0.189. The van der Waals surface area contributed by atoms with E-state index >= 15 is 0 Å². The van der Waals surface area contributed by atoms with Crippen molar-refractivity contribution in [2.45, 2.75) is 36.0 Å². The average molecular weight is 638 g/mol. The first kappa shape index (κ1) is 34.1. The molecule has 0 saturated carbocycles. The van der Waals surface area contributed by atoms with Gasteiger partial charge in [0.25, 0.3) is 0 Å². The smallest absolute Gasteiger partial charge is 0.548 e. The Hall–Kier alpha value is -3.06. The molecule has 4 N–H and O–H groups in total.